The summed E-state index contributed by atoms with van der Waals surface area (Å²) in [7, 11) is 2.09. The first-order valence-electron chi connectivity index (χ1n) is 7.29. The van der Waals surface area contributed by atoms with E-state index in [1.54, 1.807) is 0 Å². The first-order chi connectivity index (χ1) is 9.99. The third-order valence-corrected chi connectivity index (χ3v) is 4.52. The largest absolute Gasteiger partial charge is 0.252 e. The molecule has 0 atom stereocenters. The summed E-state index contributed by atoms with van der Waals surface area (Å²) in [6.45, 7) is 8.59. The van der Waals surface area contributed by atoms with E-state index in [9.17, 15) is 0 Å². The van der Waals surface area contributed by atoms with Crippen molar-refractivity contribution in [1.29, 1.82) is 0 Å². The molecule has 0 unspecified atom stereocenters. The van der Waals surface area contributed by atoms with Crippen molar-refractivity contribution >= 4 is 24.3 Å². The summed E-state index contributed by atoms with van der Waals surface area (Å²) in [5, 5.41) is 0. The predicted octanol–water partition coefficient (Wildman–Crippen LogP) is 2.79. The maximum Gasteiger partial charge on any atom is 0.139 e. The van der Waals surface area contributed by atoms with Gasteiger partial charge in [-0.1, -0.05) is 29.7 Å². The van der Waals surface area contributed by atoms with Crippen molar-refractivity contribution in [1.82, 2.24) is 9.97 Å². The van der Waals surface area contributed by atoms with Gasteiger partial charge in [0, 0.05) is 5.56 Å². The minimum atomic E-state index is 0.938. The van der Waals surface area contributed by atoms with Gasteiger partial charge in [0.1, 0.15) is 7.85 Å². The molecule has 0 radical (unpaired) electrons. The molecule has 3 rings (SSSR count). The molecular formula is C18H19BN2. The lowest BCUT2D eigenvalue weighted by Crippen LogP contribution is -2.01. The number of aromatic nitrogens is 2. The molecule has 2 aromatic carbocycles. The summed E-state index contributed by atoms with van der Waals surface area (Å²) < 4.78 is 0. The lowest BCUT2D eigenvalue weighted by molar-refractivity contribution is 1.19. The molecule has 0 fully saturated rings. The molecule has 0 aliphatic rings. The van der Waals surface area contributed by atoms with E-state index in [4.69, 9.17) is 4.98 Å². The van der Waals surface area contributed by atoms with Crippen LogP contribution in [0, 0.1) is 27.7 Å². The molecule has 1 aromatic heterocycles. The van der Waals surface area contributed by atoms with Gasteiger partial charge in [0.2, 0.25) is 0 Å². The van der Waals surface area contributed by atoms with Crippen LogP contribution in [-0.4, -0.2) is 17.8 Å². The number of aryl methyl sites for hydroxylation is 2. The van der Waals surface area contributed by atoms with Gasteiger partial charge in [0.15, 0.2) is 0 Å². The zero-order chi connectivity index (χ0) is 15.1. The Morgan fingerprint density at radius 1 is 0.762 bits per heavy atom. The number of hydrogen-bond donors (Lipinski definition) is 0. The molecule has 21 heavy (non-hydrogen) atoms. The predicted molar refractivity (Wildman–Crippen MR) is 92.1 cm³/mol. The molecule has 1 heterocycles. The second-order valence-electron chi connectivity index (χ2n) is 5.82. The molecule has 0 bridgehead atoms. The summed E-state index contributed by atoms with van der Waals surface area (Å²) in [6, 6.07) is 8.43. The summed E-state index contributed by atoms with van der Waals surface area (Å²) >= 11 is 0. The van der Waals surface area contributed by atoms with Gasteiger partial charge >= 0.3 is 0 Å². The van der Waals surface area contributed by atoms with Crippen molar-refractivity contribution in [3.63, 3.8) is 0 Å². The van der Waals surface area contributed by atoms with Crippen molar-refractivity contribution in [3.05, 3.63) is 52.7 Å². The van der Waals surface area contributed by atoms with Crippen LogP contribution in [0.5, 0.6) is 0 Å². The monoisotopic (exact) mass is 274 g/mol. The topological polar surface area (TPSA) is 25.8 Å². The maximum absolute atomic E-state index is 4.87. The van der Waals surface area contributed by atoms with Crippen LogP contribution in [0.3, 0.4) is 0 Å². The highest BCUT2D eigenvalue weighted by Crippen LogP contribution is 2.28. The van der Waals surface area contributed by atoms with Crippen LogP contribution in [0.15, 0.2) is 30.5 Å². The molecule has 104 valence electrons. The summed E-state index contributed by atoms with van der Waals surface area (Å²) in [5.41, 5.74) is 10.4. The number of nitrogens with zero attached hydrogens (tertiary/aromatic N) is 2. The van der Waals surface area contributed by atoms with Crippen LogP contribution in [0.25, 0.3) is 22.3 Å². The number of fused-ring (bicyclic) bond motifs is 1. The Labute approximate surface area is 126 Å². The number of benzene rings is 2. The van der Waals surface area contributed by atoms with Gasteiger partial charge in [-0.05, 0) is 49.9 Å². The van der Waals surface area contributed by atoms with Crippen LogP contribution < -0.4 is 5.46 Å². The van der Waals surface area contributed by atoms with E-state index < -0.39 is 0 Å². The van der Waals surface area contributed by atoms with Crippen LogP contribution in [0.2, 0.25) is 0 Å². The first kappa shape index (κ1) is 13.8. The van der Waals surface area contributed by atoms with E-state index in [1.807, 2.05) is 6.20 Å². The maximum atomic E-state index is 4.87. The standard InChI is InChI=1S/C18H19BN2/c1-10-11(2)13(4)18-17(12(10)3)20-9-16(21-18)14-5-7-15(19)8-6-14/h5-9H,19H2,1-4H3. The average Bonchev–Trinajstić information content (AvgIpc) is 2.51. The highest BCUT2D eigenvalue weighted by atomic mass is 14.8. The van der Waals surface area contributed by atoms with Crippen molar-refractivity contribution < 1.29 is 0 Å². The van der Waals surface area contributed by atoms with Crippen LogP contribution >= 0.6 is 0 Å². The number of hydrogen-bond acceptors (Lipinski definition) is 2. The molecular weight excluding hydrogens is 255 g/mol. The van der Waals surface area contributed by atoms with E-state index in [1.165, 1.54) is 27.7 Å². The molecule has 0 N–H and O–H groups in total. The van der Waals surface area contributed by atoms with Crippen molar-refractivity contribution in [2.75, 3.05) is 0 Å². The molecule has 3 aromatic rings. The third kappa shape index (κ3) is 2.23. The van der Waals surface area contributed by atoms with Gasteiger partial charge in [-0.25, -0.2) is 4.98 Å². The Kier molecular flexibility index (Phi) is 3.28. The van der Waals surface area contributed by atoms with Crippen molar-refractivity contribution in [2.24, 2.45) is 0 Å². The first-order valence-corrected chi connectivity index (χ1v) is 7.29. The van der Waals surface area contributed by atoms with Crippen LogP contribution in [0.4, 0.5) is 0 Å². The number of rotatable bonds is 1. The van der Waals surface area contributed by atoms with Gasteiger partial charge in [0.25, 0.3) is 0 Å². The van der Waals surface area contributed by atoms with E-state index in [0.29, 0.717) is 0 Å². The summed E-state index contributed by atoms with van der Waals surface area (Å²) in [4.78, 5) is 9.55. The Morgan fingerprint density at radius 2 is 1.33 bits per heavy atom. The molecule has 3 heteroatoms. The molecule has 0 aliphatic heterocycles. The fourth-order valence-corrected chi connectivity index (χ4v) is 2.71. The Hall–Kier alpha value is -2.16. The highest BCUT2D eigenvalue weighted by molar-refractivity contribution is 6.32. The fourth-order valence-electron chi connectivity index (χ4n) is 2.71. The zero-order valence-electron chi connectivity index (χ0n) is 13.3. The van der Waals surface area contributed by atoms with Gasteiger partial charge in [-0.2, -0.15) is 0 Å². The van der Waals surface area contributed by atoms with Crippen molar-refractivity contribution in [3.8, 4) is 11.3 Å². The minimum Gasteiger partial charge on any atom is -0.252 e. The molecule has 0 saturated heterocycles. The lowest BCUT2D eigenvalue weighted by atomic mass is 9.94. The second-order valence-corrected chi connectivity index (χ2v) is 5.82. The normalized spacial score (nSPS) is 11.0. The van der Waals surface area contributed by atoms with Crippen LogP contribution in [0.1, 0.15) is 22.3 Å². The minimum absolute atomic E-state index is 0.938. The SMILES string of the molecule is Bc1ccc(-c2cnc3c(C)c(C)c(C)c(C)c3n2)cc1. The Balaban J connectivity index is 2.27. The molecule has 0 amide bonds. The van der Waals surface area contributed by atoms with E-state index in [2.05, 4.69) is 64.8 Å². The van der Waals surface area contributed by atoms with Gasteiger partial charge in [0.05, 0.1) is 22.9 Å². The van der Waals surface area contributed by atoms with Crippen LogP contribution in [-0.2, 0) is 0 Å². The quantitative estimate of drug-likeness (QED) is 0.638. The highest BCUT2D eigenvalue weighted by Gasteiger charge is 2.12. The summed E-state index contributed by atoms with van der Waals surface area (Å²) in [5.74, 6) is 0. The summed E-state index contributed by atoms with van der Waals surface area (Å²) in [6.07, 6.45) is 1.88. The Bertz CT molecular complexity index is 836. The Morgan fingerprint density at radius 3 is 1.95 bits per heavy atom. The molecule has 0 saturated carbocycles. The van der Waals surface area contributed by atoms with E-state index >= 15 is 0 Å². The van der Waals surface area contributed by atoms with Gasteiger partial charge in [-0.3, -0.25) is 4.98 Å². The zero-order valence-corrected chi connectivity index (χ0v) is 13.3. The third-order valence-electron chi connectivity index (χ3n) is 4.52. The average molecular weight is 274 g/mol. The molecule has 2 nitrogen and oxygen atoms in total. The van der Waals surface area contributed by atoms with Gasteiger partial charge < -0.3 is 0 Å². The van der Waals surface area contributed by atoms with Crippen molar-refractivity contribution in [2.45, 2.75) is 27.7 Å². The van der Waals surface area contributed by atoms with E-state index in [-0.39, 0.29) is 0 Å². The lowest BCUT2D eigenvalue weighted by Gasteiger charge is -2.13. The molecule has 0 spiro atoms. The molecule has 0 aliphatic carbocycles. The van der Waals surface area contributed by atoms with E-state index in [0.717, 1.165) is 22.3 Å². The smallest absolute Gasteiger partial charge is 0.139 e. The van der Waals surface area contributed by atoms with Gasteiger partial charge in [-0.15, -0.1) is 0 Å². The second kappa shape index (κ2) is 4.99. The fraction of sp³-hybridized carbons (Fsp3) is 0.222.